The highest BCUT2D eigenvalue weighted by atomic mass is 16.1. The zero-order chi connectivity index (χ0) is 21.1. The van der Waals surface area contributed by atoms with E-state index in [0.717, 1.165) is 58.3 Å². The Morgan fingerprint density at radius 2 is 1.94 bits per heavy atom. The molecule has 31 heavy (non-hydrogen) atoms. The van der Waals surface area contributed by atoms with Crippen LogP contribution in [0.1, 0.15) is 73.1 Å². The molecule has 4 atom stereocenters. The molecular formula is C26H30N4O. The number of para-hydroxylation sites is 1. The molecule has 6 rings (SSSR count). The highest BCUT2D eigenvalue weighted by molar-refractivity contribution is 6.07. The van der Waals surface area contributed by atoms with Crippen molar-refractivity contribution in [1.29, 1.82) is 0 Å². The maximum absolute atomic E-state index is 13.5. The average molecular weight is 415 g/mol. The summed E-state index contributed by atoms with van der Waals surface area (Å²) in [6.45, 7) is 4.18. The number of carbonyl (C=O) groups excluding carboxylic acids is 1. The Bertz CT molecular complexity index is 1150. The molecule has 3 aliphatic carbocycles. The van der Waals surface area contributed by atoms with E-state index in [1.807, 2.05) is 48.0 Å². The minimum Gasteiger partial charge on any atom is -0.349 e. The van der Waals surface area contributed by atoms with Crippen LogP contribution in [0.15, 0.2) is 36.4 Å². The van der Waals surface area contributed by atoms with E-state index >= 15 is 0 Å². The molecule has 1 N–H and O–H groups in total. The monoisotopic (exact) mass is 414 g/mol. The van der Waals surface area contributed by atoms with Gasteiger partial charge in [0.05, 0.1) is 22.3 Å². The van der Waals surface area contributed by atoms with Crippen LogP contribution in [0, 0.1) is 24.7 Å². The normalized spacial score (nSPS) is 25.8. The number of benzene rings is 1. The lowest BCUT2D eigenvalue weighted by Gasteiger charge is -2.28. The molecule has 2 bridgehead atoms. The Labute approximate surface area is 183 Å². The number of aromatic nitrogens is 3. The first-order valence-corrected chi connectivity index (χ1v) is 11.8. The molecule has 0 spiro atoms. The van der Waals surface area contributed by atoms with E-state index in [9.17, 15) is 4.79 Å². The summed E-state index contributed by atoms with van der Waals surface area (Å²) >= 11 is 0. The third-order valence-corrected chi connectivity index (χ3v) is 7.87. The van der Waals surface area contributed by atoms with Crippen molar-refractivity contribution < 1.29 is 4.79 Å². The number of carbonyl (C=O) groups is 1. The van der Waals surface area contributed by atoms with Crippen molar-refractivity contribution in [2.45, 2.75) is 64.3 Å². The minimum atomic E-state index is 0.0280. The SMILES string of the molecule is Cc1nn(-c2ccccc2)c2nc(C3CC3)cc(C(=O)N[C@H](C)[C@H]3C[C@H]4CC[C@H]3C4)c12. The molecule has 0 saturated heterocycles. The lowest BCUT2D eigenvalue weighted by atomic mass is 9.84. The van der Waals surface area contributed by atoms with Crippen LogP contribution in [-0.4, -0.2) is 26.7 Å². The summed E-state index contributed by atoms with van der Waals surface area (Å²) in [4.78, 5) is 18.5. The van der Waals surface area contributed by atoms with Gasteiger partial charge in [0, 0.05) is 17.7 Å². The molecule has 0 aliphatic heterocycles. The fourth-order valence-corrected chi connectivity index (χ4v) is 6.12. The molecule has 2 aromatic heterocycles. The second-order valence-corrected chi connectivity index (χ2v) is 10.0. The number of hydrogen-bond donors (Lipinski definition) is 1. The Kier molecular flexibility index (Phi) is 4.41. The van der Waals surface area contributed by atoms with Crippen LogP contribution in [0.2, 0.25) is 0 Å². The van der Waals surface area contributed by atoms with E-state index in [-0.39, 0.29) is 11.9 Å². The Morgan fingerprint density at radius 3 is 2.61 bits per heavy atom. The van der Waals surface area contributed by atoms with Crippen molar-refractivity contribution in [1.82, 2.24) is 20.1 Å². The zero-order valence-corrected chi connectivity index (χ0v) is 18.3. The summed E-state index contributed by atoms with van der Waals surface area (Å²) in [7, 11) is 0. The number of nitrogens with one attached hydrogen (secondary N) is 1. The fraction of sp³-hybridized carbons (Fsp3) is 0.500. The van der Waals surface area contributed by atoms with Gasteiger partial charge < -0.3 is 5.32 Å². The van der Waals surface area contributed by atoms with Gasteiger partial charge in [-0.25, -0.2) is 9.67 Å². The summed E-state index contributed by atoms with van der Waals surface area (Å²) in [5.74, 6) is 2.80. The quantitative estimate of drug-likeness (QED) is 0.627. The Morgan fingerprint density at radius 1 is 1.13 bits per heavy atom. The summed E-state index contributed by atoms with van der Waals surface area (Å²) in [5, 5.41) is 9.04. The Hall–Kier alpha value is -2.69. The molecule has 160 valence electrons. The molecule has 0 unspecified atom stereocenters. The van der Waals surface area contributed by atoms with Crippen LogP contribution in [0.4, 0.5) is 0 Å². The number of fused-ring (bicyclic) bond motifs is 3. The van der Waals surface area contributed by atoms with Gasteiger partial charge >= 0.3 is 0 Å². The first-order chi connectivity index (χ1) is 15.1. The van der Waals surface area contributed by atoms with E-state index in [0.29, 0.717) is 11.8 Å². The van der Waals surface area contributed by atoms with Crippen molar-refractivity contribution in [2.24, 2.45) is 17.8 Å². The predicted molar refractivity (Wildman–Crippen MR) is 121 cm³/mol. The molecule has 3 saturated carbocycles. The Balaban J connectivity index is 1.39. The van der Waals surface area contributed by atoms with E-state index in [4.69, 9.17) is 10.1 Å². The van der Waals surface area contributed by atoms with Gasteiger partial charge in [-0.1, -0.05) is 24.6 Å². The first-order valence-electron chi connectivity index (χ1n) is 11.8. The molecule has 0 radical (unpaired) electrons. The minimum absolute atomic E-state index is 0.0280. The lowest BCUT2D eigenvalue weighted by molar-refractivity contribution is 0.0916. The third-order valence-electron chi connectivity index (χ3n) is 7.87. The average Bonchev–Trinajstić information content (AvgIpc) is 3.28. The topological polar surface area (TPSA) is 59.8 Å². The molecule has 1 aromatic carbocycles. The highest BCUT2D eigenvalue weighted by Gasteiger charge is 2.42. The molecule has 5 nitrogen and oxygen atoms in total. The number of rotatable bonds is 5. The van der Waals surface area contributed by atoms with Gasteiger partial charge in [-0.2, -0.15) is 5.10 Å². The summed E-state index contributed by atoms with van der Waals surface area (Å²) in [6.07, 6.45) is 7.66. The van der Waals surface area contributed by atoms with Gasteiger partial charge in [0.25, 0.3) is 5.91 Å². The van der Waals surface area contributed by atoms with Crippen LogP contribution in [-0.2, 0) is 0 Å². The van der Waals surface area contributed by atoms with Crippen LogP contribution in [0.25, 0.3) is 16.7 Å². The van der Waals surface area contributed by atoms with Gasteiger partial charge in [0.15, 0.2) is 5.65 Å². The van der Waals surface area contributed by atoms with E-state index in [1.54, 1.807) is 0 Å². The number of hydrogen-bond acceptors (Lipinski definition) is 3. The highest BCUT2D eigenvalue weighted by Crippen LogP contribution is 2.49. The summed E-state index contributed by atoms with van der Waals surface area (Å²) < 4.78 is 1.90. The number of aryl methyl sites for hydroxylation is 1. The number of nitrogens with zero attached hydrogens (tertiary/aromatic N) is 3. The first kappa shape index (κ1) is 19.0. The van der Waals surface area contributed by atoms with Gasteiger partial charge in [-0.3, -0.25) is 4.79 Å². The van der Waals surface area contributed by atoms with Crippen molar-refractivity contribution in [3.8, 4) is 5.69 Å². The predicted octanol–water partition coefficient (Wildman–Crippen LogP) is 5.16. The molecule has 2 heterocycles. The second-order valence-electron chi connectivity index (χ2n) is 10.0. The van der Waals surface area contributed by atoms with Gasteiger partial charge in [0.1, 0.15) is 0 Å². The third kappa shape index (κ3) is 3.26. The van der Waals surface area contributed by atoms with Gasteiger partial charge in [0.2, 0.25) is 0 Å². The molecule has 3 aromatic rings. The zero-order valence-electron chi connectivity index (χ0n) is 18.3. The molecule has 5 heteroatoms. The number of amides is 1. The van der Waals surface area contributed by atoms with Crippen LogP contribution in [0.5, 0.6) is 0 Å². The smallest absolute Gasteiger partial charge is 0.252 e. The van der Waals surface area contributed by atoms with Crippen LogP contribution >= 0.6 is 0 Å². The maximum Gasteiger partial charge on any atom is 0.252 e. The van der Waals surface area contributed by atoms with Crippen LogP contribution in [0.3, 0.4) is 0 Å². The standard InChI is InChI=1S/C26H30N4O/c1-15(21-13-17-8-9-19(21)12-17)27-26(31)22-14-23(18-10-11-18)28-25-24(22)16(2)29-30(25)20-6-4-3-5-7-20/h3-7,14-15,17-19,21H,8-13H2,1-2H3,(H,27,31)/t15-,17+,19+,21-/m1/s1. The maximum atomic E-state index is 13.5. The molecule has 3 fully saturated rings. The van der Waals surface area contributed by atoms with Crippen LogP contribution < -0.4 is 5.32 Å². The molecular weight excluding hydrogens is 384 g/mol. The van der Waals surface area contributed by atoms with Crippen molar-refractivity contribution in [2.75, 3.05) is 0 Å². The molecule has 1 amide bonds. The molecule has 3 aliphatic rings. The summed E-state index contributed by atoms with van der Waals surface area (Å²) in [6, 6.07) is 12.3. The van der Waals surface area contributed by atoms with Crippen molar-refractivity contribution >= 4 is 16.9 Å². The largest absolute Gasteiger partial charge is 0.349 e. The summed E-state index contributed by atoms with van der Waals surface area (Å²) in [5.41, 5.74) is 4.39. The number of pyridine rings is 1. The van der Waals surface area contributed by atoms with E-state index < -0.39 is 0 Å². The fourth-order valence-electron chi connectivity index (χ4n) is 6.12. The van der Waals surface area contributed by atoms with E-state index in [2.05, 4.69) is 12.2 Å². The second kappa shape index (κ2) is 7.18. The van der Waals surface area contributed by atoms with Crippen molar-refractivity contribution in [3.05, 3.63) is 53.3 Å². The van der Waals surface area contributed by atoms with Gasteiger partial charge in [-0.05, 0) is 81.9 Å². The van der Waals surface area contributed by atoms with Gasteiger partial charge in [-0.15, -0.1) is 0 Å². The van der Waals surface area contributed by atoms with E-state index in [1.165, 1.54) is 25.7 Å². The van der Waals surface area contributed by atoms with Crippen molar-refractivity contribution in [3.63, 3.8) is 0 Å². The lowest BCUT2D eigenvalue weighted by Crippen LogP contribution is -2.40.